The zero-order chi connectivity index (χ0) is 22.9. The van der Waals surface area contributed by atoms with Crippen molar-refractivity contribution in [3.63, 3.8) is 0 Å². The molecule has 0 saturated carbocycles. The zero-order valence-electron chi connectivity index (χ0n) is 19.3. The largest absolute Gasteiger partial charge is 0.477 e. The number of aromatic nitrogens is 6. The van der Waals surface area contributed by atoms with Gasteiger partial charge in [-0.3, -0.25) is 4.68 Å². The van der Waals surface area contributed by atoms with Crippen molar-refractivity contribution < 1.29 is 4.74 Å². The lowest BCUT2D eigenvalue weighted by Crippen LogP contribution is -2.08. The molecule has 0 fully saturated rings. The van der Waals surface area contributed by atoms with E-state index in [1.54, 1.807) is 6.20 Å². The fourth-order valence-corrected chi connectivity index (χ4v) is 4.11. The summed E-state index contributed by atoms with van der Waals surface area (Å²) in [5.41, 5.74) is 7.63. The Morgan fingerprint density at radius 1 is 1.18 bits per heavy atom. The molecule has 5 heterocycles. The number of fused-ring (bicyclic) bond motifs is 2. The van der Waals surface area contributed by atoms with Gasteiger partial charge in [-0.15, -0.1) is 0 Å². The normalized spacial score (nSPS) is 11.5. The smallest absolute Gasteiger partial charge is 0.222 e. The summed E-state index contributed by atoms with van der Waals surface area (Å²) < 4.78 is 9.85. The Morgan fingerprint density at radius 3 is 2.88 bits per heavy atom. The molecular weight excluding hydrogens is 414 g/mol. The van der Waals surface area contributed by atoms with Crippen molar-refractivity contribution in [2.45, 2.75) is 40.3 Å². The second kappa shape index (κ2) is 8.54. The molecule has 0 saturated heterocycles. The summed E-state index contributed by atoms with van der Waals surface area (Å²) in [6.45, 7) is 9.40. The highest BCUT2D eigenvalue weighted by atomic mass is 16.5. The van der Waals surface area contributed by atoms with Crippen LogP contribution in [-0.4, -0.2) is 35.7 Å². The van der Waals surface area contributed by atoms with E-state index in [0.717, 1.165) is 44.8 Å². The first-order valence-corrected chi connectivity index (χ1v) is 11.2. The van der Waals surface area contributed by atoms with Gasteiger partial charge in [0.15, 0.2) is 0 Å². The molecule has 0 bridgehead atoms. The predicted octanol–water partition coefficient (Wildman–Crippen LogP) is 5.04. The summed E-state index contributed by atoms with van der Waals surface area (Å²) in [4.78, 5) is 13.7. The second-order valence-electron chi connectivity index (χ2n) is 8.24. The van der Waals surface area contributed by atoms with E-state index in [-0.39, 0.29) is 6.04 Å². The van der Waals surface area contributed by atoms with E-state index >= 15 is 0 Å². The van der Waals surface area contributed by atoms with Crippen LogP contribution in [0.3, 0.4) is 0 Å². The molecule has 33 heavy (non-hydrogen) atoms. The van der Waals surface area contributed by atoms with Gasteiger partial charge >= 0.3 is 0 Å². The first-order chi connectivity index (χ1) is 16.1. The highest BCUT2D eigenvalue weighted by molar-refractivity contribution is 5.93. The number of nitrogens with zero attached hydrogens (tertiary/aromatic N) is 6. The summed E-state index contributed by atoms with van der Waals surface area (Å²) in [5, 5.41) is 8.45. The van der Waals surface area contributed by atoms with E-state index in [2.05, 4.69) is 41.3 Å². The lowest BCUT2D eigenvalue weighted by atomic mass is 10.1. The number of aryl methyl sites for hydroxylation is 1. The Labute approximate surface area is 192 Å². The van der Waals surface area contributed by atoms with E-state index < -0.39 is 0 Å². The molecule has 5 aromatic heterocycles. The first kappa shape index (κ1) is 20.9. The molecule has 0 atom stereocenters. The van der Waals surface area contributed by atoms with Crippen LogP contribution in [0.4, 0.5) is 5.69 Å². The third-order valence-electron chi connectivity index (χ3n) is 5.65. The average Bonchev–Trinajstić information content (AvgIpc) is 3.43. The van der Waals surface area contributed by atoms with Crippen molar-refractivity contribution in [2.24, 2.45) is 0 Å². The van der Waals surface area contributed by atoms with Crippen LogP contribution in [0.25, 0.3) is 27.8 Å². The summed E-state index contributed by atoms with van der Waals surface area (Å²) in [7, 11) is 0. The van der Waals surface area contributed by atoms with E-state index in [1.807, 2.05) is 59.9 Å². The molecule has 0 unspecified atom stereocenters. The van der Waals surface area contributed by atoms with Gasteiger partial charge in [0.25, 0.3) is 0 Å². The van der Waals surface area contributed by atoms with Gasteiger partial charge < -0.3 is 14.5 Å². The summed E-state index contributed by atoms with van der Waals surface area (Å²) in [5.74, 6) is 0.579. The molecule has 0 aromatic carbocycles. The zero-order valence-corrected chi connectivity index (χ0v) is 19.3. The Balaban J connectivity index is 1.65. The van der Waals surface area contributed by atoms with Gasteiger partial charge in [-0.25, -0.2) is 15.0 Å². The molecule has 168 valence electrons. The lowest BCUT2D eigenvalue weighted by Gasteiger charge is -2.15. The molecule has 0 amide bonds. The van der Waals surface area contributed by atoms with Gasteiger partial charge in [-0.2, -0.15) is 5.10 Å². The summed E-state index contributed by atoms with van der Waals surface area (Å²) in [6.07, 6.45) is 7.44. The summed E-state index contributed by atoms with van der Waals surface area (Å²) in [6, 6.07) is 10.3. The number of rotatable bonds is 7. The fraction of sp³-hybridized carbons (Fsp3) is 0.280. The van der Waals surface area contributed by atoms with Crippen molar-refractivity contribution in [1.82, 2.24) is 29.1 Å². The molecule has 8 nitrogen and oxygen atoms in total. The molecule has 0 aliphatic carbocycles. The third kappa shape index (κ3) is 3.77. The van der Waals surface area contributed by atoms with E-state index in [1.165, 1.54) is 0 Å². The number of ether oxygens (including phenoxy) is 1. The standard InChI is InChI=1S/C25H27N7O/c1-5-33-25-19(9-6-10-27-25)20-12-21(24-23(29-20)17(4)30-32(24)16(2)3)28-13-18-8-7-11-31-15-26-14-22(18)31/h6-12,14-16H,5,13H2,1-4H3,(H,28,29). The molecule has 1 N–H and O–H groups in total. The van der Waals surface area contributed by atoms with Crippen LogP contribution in [0.2, 0.25) is 0 Å². The summed E-state index contributed by atoms with van der Waals surface area (Å²) >= 11 is 0. The van der Waals surface area contributed by atoms with Crippen LogP contribution in [0.15, 0.2) is 55.2 Å². The van der Waals surface area contributed by atoms with Gasteiger partial charge in [0, 0.05) is 25.0 Å². The van der Waals surface area contributed by atoms with Gasteiger partial charge in [-0.05, 0) is 57.5 Å². The maximum absolute atomic E-state index is 5.78. The fourth-order valence-electron chi connectivity index (χ4n) is 4.11. The van der Waals surface area contributed by atoms with Crippen LogP contribution in [-0.2, 0) is 6.54 Å². The van der Waals surface area contributed by atoms with Crippen molar-refractivity contribution >= 4 is 22.2 Å². The molecule has 5 aromatic rings. The van der Waals surface area contributed by atoms with Crippen molar-refractivity contribution in [3.05, 3.63) is 66.5 Å². The maximum atomic E-state index is 5.78. The van der Waals surface area contributed by atoms with Crippen LogP contribution >= 0.6 is 0 Å². The monoisotopic (exact) mass is 441 g/mol. The van der Waals surface area contributed by atoms with Crippen LogP contribution in [0, 0.1) is 6.92 Å². The van der Waals surface area contributed by atoms with Crippen LogP contribution < -0.4 is 10.1 Å². The topological polar surface area (TPSA) is 82.2 Å². The molecule has 0 aliphatic rings. The van der Waals surface area contributed by atoms with Crippen molar-refractivity contribution in [3.8, 4) is 17.1 Å². The molecule has 8 heteroatoms. The Hall–Kier alpha value is -3.94. The number of pyridine rings is 3. The van der Waals surface area contributed by atoms with Gasteiger partial charge in [-0.1, -0.05) is 6.07 Å². The minimum Gasteiger partial charge on any atom is -0.477 e. The maximum Gasteiger partial charge on any atom is 0.222 e. The van der Waals surface area contributed by atoms with Crippen LogP contribution in [0.1, 0.15) is 38.1 Å². The van der Waals surface area contributed by atoms with Crippen molar-refractivity contribution in [2.75, 3.05) is 11.9 Å². The Kier molecular flexibility index (Phi) is 5.42. The van der Waals surface area contributed by atoms with E-state index in [4.69, 9.17) is 14.8 Å². The van der Waals surface area contributed by atoms with E-state index in [9.17, 15) is 0 Å². The van der Waals surface area contributed by atoms with Gasteiger partial charge in [0.05, 0.1) is 47.3 Å². The highest BCUT2D eigenvalue weighted by Gasteiger charge is 2.19. The average molecular weight is 442 g/mol. The molecule has 5 rings (SSSR count). The second-order valence-corrected chi connectivity index (χ2v) is 8.24. The number of anilines is 1. The number of hydrogen-bond donors (Lipinski definition) is 1. The Bertz CT molecular complexity index is 1430. The van der Waals surface area contributed by atoms with E-state index in [0.29, 0.717) is 19.0 Å². The van der Waals surface area contributed by atoms with Crippen LogP contribution in [0.5, 0.6) is 5.88 Å². The number of nitrogens with one attached hydrogen (secondary N) is 1. The minimum atomic E-state index is 0.199. The van der Waals surface area contributed by atoms with Gasteiger partial charge in [0.2, 0.25) is 5.88 Å². The SMILES string of the molecule is CCOc1ncccc1-c1cc(NCc2cccn3cncc23)c2c(n1)c(C)nn2C(C)C. The predicted molar refractivity (Wildman–Crippen MR) is 130 cm³/mol. The van der Waals surface area contributed by atoms with Crippen molar-refractivity contribution in [1.29, 1.82) is 0 Å². The highest BCUT2D eigenvalue weighted by Crippen LogP contribution is 2.34. The lowest BCUT2D eigenvalue weighted by molar-refractivity contribution is 0.328. The molecule has 0 radical (unpaired) electrons. The quantitative estimate of drug-likeness (QED) is 0.381. The first-order valence-electron chi connectivity index (χ1n) is 11.2. The number of imidazole rings is 1. The van der Waals surface area contributed by atoms with Gasteiger partial charge in [0.1, 0.15) is 11.0 Å². The molecular formula is C25H27N7O. The third-order valence-corrected chi connectivity index (χ3v) is 5.65. The number of hydrogen-bond acceptors (Lipinski definition) is 6. The Morgan fingerprint density at radius 2 is 2.06 bits per heavy atom. The molecule has 0 spiro atoms. The molecule has 0 aliphatic heterocycles. The minimum absolute atomic E-state index is 0.199.